The molecule has 274 valence electrons. The second kappa shape index (κ2) is 13.4. The van der Waals surface area contributed by atoms with E-state index in [2.05, 4.69) is 17.7 Å². The zero-order valence-corrected chi connectivity index (χ0v) is 28.7. The van der Waals surface area contributed by atoms with Gasteiger partial charge in [-0.1, -0.05) is 27.4 Å². The number of aliphatic hydroxyl groups excluding tert-OH is 2. The molecule has 0 radical (unpaired) electrons. The molecule has 2 unspecified atom stereocenters. The molecular weight excluding hydrogens is 680 g/mol. The highest BCUT2D eigenvalue weighted by molar-refractivity contribution is 7.81. The fourth-order valence-electron chi connectivity index (χ4n) is 9.58. The first-order valence-corrected chi connectivity index (χ1v) is 18.9. The minimum atomic E-state index is -5.41. The lowest BCUT2D eigenvalue weighted by molar-refractivity contribution is -0.326. The summed E-state index contributed by atoms with van der Waals surface area (Å²) >= 11 is 0. The third kappa shape index (κ3) is 7.07. The summed E-state index contributed by atoms with van der Waals surface area (Å²) in [6, 6.07) is 0. The topological polar surface area (TPSA) is 250 Å². The standard InChI is InChI=1S/C30H46O16S2/c1-14(2)9-22(32)44-25-24(46-48(39,40)41)23(45-47(36,37)38)21(13-31)43-28(25)42-20-12-29(4)8-7-17-11-30(29,26(33)15(17)3)19-6-5-16(27(34)35)10-18(19)20/h14,16-21,23-26,28,31,33H,3,5-13H2,1-2,4H3,(H,34,35)(H,36,37,38)(H,39,40,41)/t16-,17-,18?,19?,20-,21-,23-,24+,25-,26+,28+,29-,30+/m1/s1. The van der Waals surface area contributed by atoms with Gasteiger partial charge < -0.3 is 29.5 Å². The Kier molecular flexibility index (Phi) is 10.5. The molecule has 48 heavy (non-hydrogen) atoms. The van der Waals surface area contributed by atoms with Crippen LogP contribution in [0.3, 0.4) is 0 Å². The summed E-state index contributed by atoms with van der Waals surface area (Å²) in [5.41, 5.74) is -0.359. The first-order valence-electron chi connectivity index (χ1n) is 16.2. The predicted octanol–water partition coefficient (Wildman–Crippen LogP) is 1.67. The van der Waals surface area contributed by atoms with Crippen LogP contribution in [0.2, 0.25) is 0 Å². The third-order valence-corrected chi connectivity index (χ3v) is 12.5. The van der Waals surface area contributed by atoms with E-state index in [0.29, 0.717) is 32.1 Å². The van der Waals surface area contributed by atoms with Crippen LogP contribution in [0.5, 0.6) is 0 Å². The number of aliphatic carboxylic acids is 1. The van der Waals surface area contributed by atoms with Gasteiger partial charge in [0.15, 0.2) is 18.5 Å². The van der Waals surface area contributed by atoms with E-state index in [9.17, 15) is 50.8 Å². The summed E-state index contributed by atoms with van der Waals surface area (Å²) in [4.78, 5) is 25.2. The van der Waals surface area contributed by atoms with Crippen LogP contribution in [0.4, 0.5) is 0 Å². The number of carbonyl (C=O) groups excluding carboxylic acids is 1. The molecule has 1 saturated heterocycles. The van der Waals surface area contributed by atoms with Gasteiger partial charge in [0.2, 0.25) is 0 Å². The molecule has 1 aliphatic heterocycles. The second-order valence-electron chi connectivity index (χ2n) is 14.8. The van der Waals surface area contributed by atoms with Gasteiger partial charge in [-0.05, 0) is 79.6 Å². The molecule has 2 bridgehead atoms. The van der Waals surface area contributed by atoms with Gasteiger partial charge in [0.25, 0.3) is 0 Å². The summed E-state index contributed by atoms with van der Waals surface area (Å²) in [7, 11) is -10.8. The Balaban J connectivity index is 1.57. The first kappa shape index (κ1) is 37.5. The monoisotopic (exact) mass is 726 g/mol. The Bertz CT molecular complexity index is 1480. The van der Waals surface area contributed by atoms with Crippen molar-refractivity contribution in [2.45, 2.75) is 115 Å². The van der Waals surface area contributed by atoms with E-state index in [-0.39, 0.29) is 30.6 Å². The van der Waals surface area contributed by atoms with Crippen LogP contribution < -0.4 is 0 Å². The van der Waals surface area contributed by atoms with Crippen LogP contribution in [0.25, 0.3) is 0 Å². The summed E-state index contributed by atoms with van der Waals surface area (Å²) in [5.74, 6) is -3.41. The van der Waals surface area contributed by atoms with Crippen molar-refractivity contribution in [1.82, 2.24) is 0 Å². The van der Waals surface area contributed by atoms with E-state index in [1.165, 1.54) is 0 Å². The Morgan fingerprint density at radius 1 is 1.02 bits per heavy atom. The number of hydrogen-bond acceptors (Lipinski definition) is 13. The van der Waals surface area contributed by atoms with Crippen LogP contribution in [-0.4, -0.2) is 103 Å². The average Bonchev–Trinajstić information content (AvgIpc) is 3.18. The van der Waals surface area contributed by atoms with Gasteiger partial charge in [-0.3, -0.25) is 18.7 Å². The molecule has 5 aliphatic rings. The molecule has 5 N–H and O–H groups in total. The molecule has 16 nitrogen and oxygen atoms in total. The number of carbonyl (C=O) groups is 2. The van der Waals surface area contributed by atoms with Crippen molar-refractivity contribution >= 4 is 32.7 Å². The van der Waals surface area contributed by atoms with Crippen LogP contribution in [0, 0.1) is 40.4 Å². The van der Waals surface area contributed by atoms with E-state index < -0.39 is 105 Å². The first-order chi connectivity index (χ1) is 22.2. The Hall–Kier alpha value is -1.74. The minimum absolute atomic E-state index is 0.123. The lowest BCUT2D eigenvalue weighted by atomic mass is 9.42. The van der Waals surface area contributed by atoms with Crippen molar-refractivity contribution in [3.05, 3.63) is 12.2 Å². The normalized spacial score (nSPS) is 43.0. The number of esters is 1. The second-order valence-corrected chi connectivity index (χ2v) is 16.9. The van der Waals surface area contributed by atoms with Crippen LogP contribution in [0.15, 0.2) is 12.2 Å². The SMILES string of the molecule is C=C1[C@@H]2CC[C@]3(C)C[C@@H](O[C@H]4O[C@H](CO)[C@@H](OS(=O)(=O)O)[C@H](OS(=O)(=O)O)[C@H]4OC(=O)CC(C)C)C4C[C@H](C(=O)O)CCC4[C@@]3(C2)[C@H]1O. The van der Waals surface area contributed by atoms with Crippen LogP contribution >= 0.6 is 0 Å². The molecule has 5 fully saturated rings. The highest BCUT2D eigenvalue weighted by atomic mass is 32.3. The van der Waals surface area contributed by atoms with Gasteiger partial charge >= 0.3 is 32.7 Å². The summed E-state index contributed by atoms with van der Waals surface area (Å²) in [5, 5.41) is 31.9. The summed E-state index contributed by atoms with van der Waals surface area (Å²) < 4.78 is 94.2. The number of hydrogen-bond donors (Lipinski definition) is 5. The fourth-order valence-corrected chi connectivity index (χ4v) is 10.6. The van der Waals surface area contributed by atoms with Gasteiger partial charge in [0.05, 0.1) is 24.7 Å². The molecule has 0 aromatic carbocycles. The number of carboxylic acid groups (broad SMARTS) is 1. The van der Waals surface area contributed by atoms with Gasteiger partial charge in [0.1, 0.15) is 12.2 Å². The number of rotatable bonds is 11. The zero-order valence-electron chi connectivity index (χ0n) is 27.0. The Morgan fingerprint density at radius 2 is 1.67 bits per heavy atom. The maximum atomic E-state index is 13.0. The van der Waals surface area contributed by atoms with Crippen molar-refractivity contribution in [2.75, 3.05) is 6.61 Å². The van der Waals surface area contributed by atoms with Gasteiger partial charge in [-0.25, -0.2) is 8.37 Å². The molecule has 0 amide bonds. The molecular formula is C30H46O16S2. The largest absolute Gasteiger partial charge is 0.481 e. The minimum Gasteiger partial charge on any atom is -0.481 e. The molecule has 5 rings (SSSR count). The Morgan fingerprint density at radius 3 is 2.25 bits per heavy atom. The molecule has 4 saturated carbocycles. The molecule has 13 atom stereocenters. The molecule has 4 aliphatic carbocycles. The Labute approximate surface area is 280 Å². The molecule has 18 heteroatoms. The summed E-state index contributed by atoms with van der Waals surface area (Å²) in [6.07, 6.45) is -8.10. The maximum Gasteiger partial charge on any atom is 0.397 e. The van der Waals surface area contributed by atoms with Crippen molar-refractivity contribution in [1.29, 1.82) is 0 Å². The molecule has 0 aromatic rings. The van der Waals surface area contributed by atoms with E-state index in [1.54, 1.807) is 13.8 Å². The molecule has 1 heterocycles. The van der Waals surface area contributed by atoms with E-state index in [0.717, 1.165) is 12.0 Å². The van der Waals surface area contributed by atoms with Crippen LogP contribution in [-0.2, 0) is 53.0 Å². The highest BCUT2D eigenvalue weighted by Crippen LogP contribution is 2.73. The number of fused-ring (bicyclic) bond motifs is 2. The van der Waals surface area contributed by atoms with Crippen molar-refractivity contribution < 1.29 is 73.4 Å². The van der Waals surface area contributed by atoms with E-state index >= 15 is 0 Å². The average molecular weight is 727 g/mol. The van der Waals surface area contributed by atoms with Crippen molar-refractivity contribution in [3.63, 3.8) is 0 Å². The van der Waals surface area contributed by atoms with Gasteiger partial charge in [-0.2, -0.15) is 16.8 Å². The lowest BCUT2D eigenvalue weighted by Crippen LogP contribution is -2.66. The molecule has 1 spiro atoms. The van der Waals surface area contributed by atoms with Gasteiger partial charge in [-0.15, -0.1) is 0 Å². The number of aliphatic hydroxyl groups is 2. The smallest absolute Gasteiger partial charge is 0.397 e. The van der Waals surface area contributed by atoms with E-state index in [1.807, 2.05) is 0 Å². The predicted molar refractivity (Wildman–Crippen MR) is 162 cm³/mol. The van der Waals surface area contributed by atoms with Crippen LogP contribution in [0.1, 0.15) is 72.1 Å². The molecule has 0 aromatic heterocycles. The quantitative estimate of drug-likeness (QED) is 0.0879. The fraction of sp³-hybridized carbons (Fsp3) is 0.867. The maximum absolute atomic E-state index is 13.0. The van der Waals surface area contributed by atoms with Crippen molar-refractivity contribution in [2.24, 2.45) is 40.4 Å². The number of ether oxygens (including phenoxy) is 3. The highest BCUT2D eigenvalue weighted by Gasteiger charge is 2.70. The summed E-state index contributed by atoms with van der Waals surface area (Å²) in [6.45, 7) is 8.65. The lowest BCUT2D eigenvalue weighted by Gasteiger charge is -2.64. The van der Waals surface area contributed by atoms with Crippen molar-refractivity contribution in [3.8, 4) is 0 Å². The zero-order chi connectivity index (χ0) is 35.6. The number of carboxylic acids is 1. The third-order valence-electron chi connectivity index (χ3n) is 11.5. The van der Waals surface area contributed by atoms with E-state index in [4.69, 9.17) is 18.4 Å². The van der Waals surface area contributed by atoms with Gasteiger partial charge in [0, 0.05) is 11.8 Å².